The lowest BCUT2D eigenvalue weighted by Gasteiger charge is -2.06. The van der Waals surface area contributed by atoms with Crippen LogP contribution >= 0.6 is 0 Å². The van der Waals surface area contributed by atoms with Gasteiger partial charge in [0.05, 0.1) is 5.69 Å². The number of H-pyrrole nitrogens is 1. The highest BCUT2D eigenvalue weighted by atomic mass is 16.4. The van der Waals surface area contributed by atoms with Gasteiger partial charge in [-0.2, -0.15) is 0 Å². The van der Waals surface area contributed by atoms with Crippen molar-refractivity contribution in [2.45, 2.75) is 6.92 Å². The molecule has 0 aliphatic carbocycles. The summed E-state index contributed by atoms with van der Waals surface area (Å²) >= 11 is 0. The molecule has 2 rings (SSSR count). The first-order chi connectivity index (χ1) is 8.08. The van der Waals surface area contributed by atoms with Crippen molar-refractivity contribution in [2.24, 2.45) is 0 Å². The lowest BCUT2D eigenvalue weighted by Crippen LogP contribution is -2.09. The van der Waals surface area contributed by atoms with E-state index in [9.17, 15) is 9.59 Å². The van der Waals surface area contributed by atoms with Crippen molar-refractivity contribution >= 4 is 5.97 Å². The van der Waals surface area contributed by atoms with Gasteiger partial charge in [-0.05, 0) is 12.5 Å². The van der Waals surface area contributed by atoms with Gasteiger partial charge in [0.25, 0.3) is 0 Å². The van der Waals surface area contributed by atoms with Crippen molar-refractivity contribution in [3.63, 3.8) is 0 Å². The molecule has 2 N–H and O–H groups in total. The summed E-state index contributed by atoms with van der Waals surface area (Å²) in [6, 6.07) is 9.94. The highest BCUT2D eigenvalue weighted by molar-refractivity contribution is 5.86. The van der Waals surface area contributed by atoms with Gasteiger partial charge in [-0.15, -0.1) is 0 Å². The normalized spacial score (nSPS) is 10.2. The number of hydrogen-bond acceptors (Lipinski definition) is 2. The number of pyridine rings is 1. The topological polar surface area (TPSA) is 70.2 Å². The van der Waals surface area contributed by atoms with Crippen LogP contribution in [0.2, 0.25) is 0 Å². The third kappa shape index (κ3) is 2.25. The summed E-state index contributed by atoms with van der Waals surface area (Å²) in [6.07, 6.45) is 0. The minimum Gasteiger partial charge on any atom is -0.477 e. The number of hydrogen-bond donors (Lipinski definition) is 2. The predicted molar refractivity (Wildman–Crippen MR) is 64.2 cm³/mol. The molecule has 0 radical (unpaired) electrons. The largest absolute Gasteiger partial charge is 0.477 e. The maximum atomic E-state index is 11.4. The first-order valence-electron chi connectivity index (χ1n) is 5.11. The molecule has 0 bridgehead atoms. The van der Waals surface area contributed by atoms with E-state index in [0.717, 1.165) is 17.2 Å². The highest BCUT2D eigenvalue weighted by Gasteiger charge is 2.08. The fourth-order valence-electron chi connectivity index (χ4n) is 1.68. The number of carbonyl (C=O) groups is 1. The van der Waals surface area contributed by atoms with Gasteiger partial charge in [0, 0.05) is 17.7 Å². The number of carboxylic acid groups (broad SMARTS) is 1. The van der Waals surface area contributed by atoms with Crippen molar-refractivity contribution in [1.82, 2.24) is 4.98 Å². The van der Waals surface area contributed by atoms with E-state index in [-0.39, 0.29) is 11.1 Å². The lowest BCUT2D eigenvalue weighted by atomic mass is 10.1. The molecule has 0 fully saturated rings. The zero-order chi connectivity index (χ0) is 12.4. The number of aryl methyl sites for hydroxylation is 1. The molecule has 0 saturated carbocycles. The van der Waals surface area contributed by atoms with E-state index in [0.29, 0.717) is 5.69 Å². The smallest absolute Gasteiger partial charge is 0.352 e. The number of rotatable bonds is 2. The first-order valence-corrected chi connectivity index (χ1v) is 5.11. The second-order valence-corrected chi connectivity index (χ2v) is 3.76. The van der Waals surface area contributed by atoms with Gasteiger partial charge in [0.1, 0.15) is 5.69 Å². The van der Waals surface area contributed by atoms with Crippen LogP contribution in [0.15, 0.2) is 41.2 Å². The van der Waals surface area contributed by atoms with Crippen molar-refractivity contribution < 1.29 is 9.90 Å². The third-order valence-electron chi connectivity index (χ3n) is 2.51. The summed E-state index contributed by atoms with van der Waals surface area (Å²) in [5, 5.41) is 8.88. The zero-order valence-electron chi connectivity index (χ0n) is 9.23. The van der Waals surface area contributed by atoms with E-state index < -0.39 is 5.97 Å². The van der Waals surface area contributed by atoms with Crippen LogP contribution in [0.3, 0.4) is 0 Å². The average Bonchev–Trinajstić information content (AvgIpc) is 2.28. The molecule has 0 spiro atoms. The molecule has 86 valence electrons. The maximum Gasteiger partial charge on any atom is 0.352 e. The summed E-state index contributed by atoms with van der Waals surface area (Å²) in [5.41, 5.74) is 1.90. The SMILES string of the molecule is Cc1ccccc1-c1cc(=O)cc(C(=O)O)[nH]1. The van der Waals surface area contributed by atoms with Crippen molar-refractivity contribution in [2.75, 3.05) is 0 Å². The molecule has 0 aliphatic rings. The number of aromatic carboxylic acids is 1. The van der Waals surface area contributed by atoms with Crippen LogP contribution in [-0.2, 0) is 0 Å². The molecule has 1 aromatic heterocycles. The van der Waals surface area contributed by atoms with Crippen LogP contribution in [0.5, 0.6) is 0 Å². The Morgan fingerprint density at radius 1 is 1.24 bits per heavy atom. The second kappa shape index (κ2) is 4.25. The molecule has 2 aromatic rings. The Bertz CT molecular complexity index is 629. The second-order valence-electron chi connectivity index (χ2n) is 3.76. The van der Waals surface area contributed by atoms with E-state index in [1.807, 2.05) is 31.2 Å². The molecule has 17 heavy (non-hydrogen) atoms. The van der Waals surface area contributed by atoms with Crippen molar-refractivity contribution in [3.05, 3.63) is 57.9 Å². The summed E-state index contributed by atoms with van der Waals surface area (Å²) < 4.78 is 0. The maximum absolute atomic E-state index is 11.4. The molecule has 0 saturated heterocycles. The Morgan fingerprint density at radius 2 is 1.94 bits per heavy atom. The predicted octanol–water partition coefficient (Wildman–Crippen LogP) is 2.05. The minimum atomic E-state index is -1.14. The first kappa shape index (κ1) is 11.1. The number of aromatic amines is 1. The molecule has 1 aromatic carbocycles. The molecule has 0 amide bonds. The Kier molecular flexibility index (Phi) is 2.78. The molecule has 0 atom stereocenters. The van der Waals surface area contributed by atoms with E-state index in [1.54, 1.807) is 0 Å². The molecular weight excluding hydrogens is 218 g/mol. The number of benzene rings is 1. The monoisotopic (exact) mass is 229 g/mol. The van der Waals surface area contributed by atoms with Gasteiger partial charge in [-0.3, -0.25) is 4.79 Å². The minimum absolute atomic E-state index is 0.101. The lowest BCUT2D eigenvalue weighted by molar-refractivity contribution is 0.0690. The number of aromatic nitrogens is 1. The van der Waals surface area contributed by atoms with E-state index in [1.165, 1.54) is 6.07 Å². The quantitative estimate of drug-likeness (QED) is 0.827. The van der Waals surface area contributed by atoms with Gasteiger partial charge >= 0.3 is 5.97 Å². The summed E-state index contributed by atoms with van der Waals surface area (Å²) in [4.78, 5) is 25.0. The number of nitrogens with one attached hydrogen (secondary N) is 1. The summed E-state index contributed by atoms with van der Waals surface area (Å²) in [6.45, 7) is 1.90. The van der Waals surface area contributed by atoms with Gasteiger partial charge in [-0.1, -0.05) is 24.3 Å². The van der Waals surface area contributed by atoms with Crippen LogP contribution in [0, 0.1) is 6.92 Å². The molecular formula is C13H11NO3. The van der Waals surface area contributed by atoms with Gasteiger partial charge in [-0.25, -0.2) is 4.79 Å². The Hall–Kier alpha value is -2.36. The molecule has 4 nitrogen and oxygen atoms in total. The fraction of sp³-hybridized carbons (Fsp3) is 0.0769. The molecule has 0 aliphatic heterocycles. The standard InChI is InChI=1S/C13H11NO3/c1-8-4-2-3-5-10(8)11-6-9(15)7-12(14-11)13(16)17/h2-7H,1H3,(H,14,15)(H,16,17). The van der Waals surface area contributed by atoms with Crippen LogP contribution < -0.4 is 5.43 Å². The van der Waals surface area contributed by atoms with Gasteiger partial charge in [0.15, 0.2) is 5.43 Å². The highest BCUT2D eigenvalue weighted by Crippen LogP contribution is 2.19. The van der Waals surface area contributed by atoms with Gasteiger partial charge < -0.3 is 10.1 Å². The molecule has 0 unspecified atom stereocenters. The Morgan fingerprint density at radius 3 is 2.59 bits per heavy atom. The average molecular weight is 229 g/mol. The van der Waals surface area contributed by atoms with Gasteiger partial charge in [0.2, 0.25) is 0 Å². The van der Waals surface area contributed by atoms with Crippen LogP contribution in [0.1, 0.15) is 16.1 Å². The zero-order valence-corrected chi connectivity index (χ0v) is 9.23. The summed E-state index contributed by atoms with van der Waals surface area (Å²) in [5.74, 6) is -1.14. The van der Waals surface area contributed by atoms with Crippen LogP contribution in [0.4, 0.5) is 0 Å². The number of carboxylic acids is 1. The van der Waals surface area contributed by atoms with Crippen LogP contribution in [0.25, 0.3) is 11.3 Å². The fourth-order valence-corrected chi connectivity index (χ4v) is 1.68. The Balaban J connectivity index is 2.64. The van der Waals surface area contributed by atoms with E-state index in [2.05, 4.69) is 4.98 Å². The van der Waals surface area contributed by atoms with E-state index >= 15 is 0 Å². The van der Waals surface area contributed by atoms with E-state index in [4.69, 9.17) is 5.11 Å². The van der Waals surface area contributed by atoms with Crippen molar-refractivity contribution in [1.29, 1.82) is 0 Å². The molecule has 1 heterocycles. The van der Waals surface area contributed by atoms with Crippen molar-refractivity contribution in [3.8, 4) is 11.3 Å². The summed E-state index contributed by atoms with van der Waals surface area (Å²) in [7, 11) is 0. The third-order valence-corrected chi connectivity index (χ3v) is 2.51. The Labute approximate surface area is 97.6 Å². The molecule has 4 heteroatoms. The van der Waals surface area contributed by atoms with Crippen LogP contribution in [-0.4, -0.2) is 16.1 Å².